The Morgan fingerprint density at radius 2 is 2.22 bits per heavy atom. The maximum atomic E-state index is 10.2. The van der Waals surface area contributed by atoms with Crippen molar-refractivity contribution in [2.75, 3.05) is 13.2 Å². The number of hydrogen-bond donors (Lipinski definition) is 1. The molecule has 0 amide bonds. The van der Waals surface area contributed by atoms with E-state index in [0.29, 0.717) is 5.92 Å². The lowest BCUT2D eigenvalue weighted by Crippen LogP contribution is -2.16. The van der Waals surface area contributed by atoms with E-state index >= 15 is 0 Å². The van der Waals surface area contributed by atoms with Gasteiger partial charge in [-0.15, -0.1) is 0 Å². The van der Waals surface area contributed by atoms with E-state index in [1.54, 1.807) is 0 Å². The molecule has 0 radical (unpaired) electrons. The van der Waals surface area contributed by atoms with E-state index in [9.17, 15) is 5.11 Å². The van der Waals surface area contributed by atoms with E-state index in [1.165, 1.54) is 5.69 Å². The topological polar surface area (TPSA) is 47.3 Å². The minimum Gasteiger partial charge on any atom is -0.387 e. The molecule has 0 aliphatic carbocycles. The van der Waals surface area contributed by atoms with Crippen LogP contribution < -0.4 is 0 Å². The highest BCUT2D eigenvalue weighted by atomic mass is 16.5. The Hall–Kier alpha value is -0.870. The Labute approximate surface area is 109 Å². The SMILES string of the molecule is CCc1cc(C(O)CCC2CCOCC2)nn1C. The van der Waals surface area contributed by atoms with Crippen molar-refractivity contribution in [1.82, 2.24) is 9.78 Å². The zero-order valence-electron chi connectivity index (χ0n) is 11.4. The number of rotatable bonds is 5. The first-order valence-electron chi connectivity index (χ1n) is 6.99. The third-order valence-corrected chi connectivity index (χ3v) is 3.89. The second-order valence-electron chi connectivity index (χ2n) is 5.19. The van der Waals surface area contributed by atoms with E-state index in [-0.39, 0.29) is 0 Å². The first kappa shape index (κ1) is 13.6. The maximum absolute atomic E-state index is 10.2. The van der Waals surface area contributed by atoms with Crippen LogP contribution >= 0.6 is 0 Å². The molecule has 0 spiro atoms. The summed E-state index contributed by atoms with van der Waals surface area (Å²) in [7, 11) is 1.94. The summed E-state index contributed by atoms with van der Waals surface area (Å²) in [4.78, 5) is 0. The Morgan fingerprint density at radius 3 is 2.83 bits per heavy atom. The van der Waals surface area contributed by atoms with Crippen molar-refractivity contribution in [2.45, 2.75) is 45.1 Å². The number of aliphatic hydroxyl groups is 1. The van der Waals surface area contributed by atoms with Crippen molar-refractivity contribution in [3.05, 3.63) is 17.5 Å². The molecule has 4 heteroatoms. The van der Waals surface area contributed by atoms with E-state index in [2.05, 4.69) is 12.0 Å². The lowest BCUT2D eigenvalue weighted by Gasteiger charge is -2.22. The molecule has 0 saturated carbocycles. The van der Waals surface area contributed by atoms with Gasteiger partial charge in [0.2, 0.25) is 0 Å². The standard InChI is InChI=1S/C14H24N2O2/c1-3-12-10-13(15-16(12)2)14(17)5-4-11-6-8-18-9-7-11/h10-11,14,17H,3-9H2,1-2H3. The average molecular weight is 252 g/mol. The van der Waals surface area contributed by atoms with Gasteiger partial charge in [-0.05, 0) is 44.1 Å². The third-order valence-electron chi connectivity index (χ3n) is 3.89. The van der Waals surface area contributed by atoms with Gasteiger partial charge in [-0.1, -0.05) is 6.92 Å². The fourth-order valence-electron chi connectivity index (χ4n) is 2.60. The smallest absolute Gasteiger partial charge is 0.0978 e. The summed E-state index contributed by atoms with van der Waals surface area (Å²) in [6, 6.07) is 2.02. The van der Waals surface area contributed by atoms with Gasteiger partial charge in [0.1, 0.15) is 0 Å². The van der Waals surface area contributed by atoms with Gasteiger partial charge in [-0.2, -0.15) is 5.10 Å². The molecule has 1 saturated heterocycles. The molecule has 0 bridgehead atoms. The summed E-state index contributed by atoms with van der Waals surface area (Å²) >= 11 is 0. The highest BCUT2D eigenvalue weighted by Crippen LogP contribution is 2.25. The van der Waals surface area contributed by atoms with Gasteiger partial charge in [0.25, 0.3) is 0 Å². The van der Waals surface area contributed by atoms with Crippen LogP contribution in [0.1, 0.15) is 50.1 Å². The number of hydrogen-bond acceptors (Lipinski definition) is 3. The highest BCUT2D eigenvalue weighted by Gasteiger charge is 2.18. The molecular formula is C14H24N2O2. The zero-order valence-corrected chi connectivity index (χ0v) is 11.4. The average Bonchev–Trinajstić information content (AvgIpc) is 2.78. The monoisotopic (exact) mass is 252 g/mol. The normalized spacial score (nSPS) is 19.1. The lowest BCUT2D eigenvalue weighted by atomic mass is 9.93. The number of aromatic nitrogens is 2. The predicted octanol–water partition coefficient (Wildman–Crippen LogP) is 2.22. The van der Waals surface area contributed by atoms with Crippen molar-refractivity contribution in [2.24, 2.45) is 13.0 Å². The van der Waals surface area contributed by atoms with Gasteiger partial charge in [0.05, 0.1) is 11.8 Å². The van der Waals surface area contributed by atoms with Gasteiger partial charge in [-0.25, -0.2) is 0 Å². The molecule has 4 nitrogen and oxygen atoms in total. The summed E-state index contributed by atoms with van der Waals surface area (Å²) in [6.07, 6.45) is 4.69. The molecule has 1 fully saturated rings. The molecule has 2 rings (SSSR count). The summed E-state index contributed by atoms with van der Waals surface area (Å²) in [5.41, 5.74) is 2.00. The van der Waals surface area contributed by atoms with E-state index in [1.807, 2.05) is 17.8 Å². The van der Waals surface area contributed by atoms with Crippen molar-refractivity contribution >= 4 is 0 Å². The van der Waals surface area contributed by atoms with Crippen molar-refractivity contribution < 1.29 is 9.84 Å². The van der Waals surface area contributed by atoms with Crippen LogP contribution in [0.5, 0.6) is 0 Å². The number of nitrogens with zero attached hydrogens (tertiary/aromatic N) is 2. The van der Waals surface area contributed by atoms with Gasteiger partial charge in [0, 0.05) is 26.0 Å². The van der Waals surface area contributed by atoms with Crippen molar-refractivity contribution in [3.8, 4) is 0 Å². The van der Waals surface area contributed by atoms with Crippen LogP contribution in [0.2, 0.25) is 0 Å². The maximum Gasteiger partial charge on any atom is 0.0978 e. The fraction of sp³-hybridized carbons (Fsp3) is 0.786. The van der Waals surface area contributed by atoms with E-state index in [4.69, 9.17) is 4.74 Å². The lowest BCUT2D eigenvalue weighted by molar-refractivity contribution is 0.0565. The van der Waals surface area contributed by atoms with Gasteiger partial charge in [0.15, 0.2) is 0 Å². The summed E-state index contributed by atoms with van der Waals surface area (Å²) in [5, 5.41) is 14.6. The van der Waals surface area contributed by atoms with Crippen LogP contribution in [0.4, 0.5) is 0 Å². The van der Waals surface area contributed by atoms with Crippen LogP contribution in [-0.4, -0.2) is 28.1 Å². The molecule has 1 aliphatic rings. The van der Waals surface area contributed by atoms with Crippen LogP contribution in [0.25, 0.3) is 0 Å². The number of aryl methyl sites for hydroxylation is 2. The minimum absolute atomic E-state index is 0.417. The summed E-state index contributed by atoms with van der Waals surface area (Å²) in [6.45, 7) is 3.86. The molecule has 1 aliphatic heterocycles. The van der Waals surface area contributed by atoms with E-state index in [0.717, 1.165) is 51.0 Å². The van der Waals surface area contributed by atoms with Crippen LogP contribution in [-0.2, 0) is 18.2 Å². The molecule has 102 valence electrons. The largest absolute Gasteiger partial charge is 0.387 e. The number of aliphatic hydroxyl groups excluding tert-OH is 1. The summed E-state index contributed by atoms with van der Waals surface area (Å²) < 4.78 is 7.21. The molecule has 1 aromatic heterocycles. The van der Waals surface area contributed by atoms with Gasteiger partial charge >= 0.3 is 0 Å². The second-order valence-corrected chi connectivity index (χ2v) is 5.19. The molecule has 1 unspecified atom stereocenters. The van der Waals surface area contributed by atoms with Crippen molar-refractivity contribution in [1.29, 1.82) is 0 Å². The fourth-order valence-corrected chi connectivity index (χ4v) is 2.60. The Balaban J connectivity index is 1.84. The molecule has 0 aromatic carbocycles. The van der Waals surface area contributed by atoms with Gasteiger partial charge in [-0.3, -0.25) is 4.68 Å². The quantitative estimate of drug-likeness (QED) is 0.874. The highest BCUT2D eigenvalue weighted by molar-refractivity contribution is 5.12. The second kappa shape index (κ2) is 6.34. The van der Waals surface area contributed by atoms with E-state index < -0.39 is 6.10 Å². The Bertz CT molecular complexity index is 370. The first-order chi connectivity index (χ1) is 8.70. The van der Waals surface area contributed by atoms with Crippen LogP contribution in [0, 0.1) is 5.92 Å². The Morgan fingerprint density at radius 1 is 1.50 bits per heavy atom. The zero-order chi connectivity index (χ0) is 13.0. The molecule has 1 aromatic rings. The van der Waals surface area contributed by atoms with Crippen molar-refractivity contribution in [3.63, 3.8) is 0 Å². The first-order valence-corrected chi connectivity index (χ1v) is 6.99. The molecule has 2 heterocycles. The Kier molecular flexibility index (Phi) is 4.78. The minimum atomic E-state index is -0.417. The number of ether oxygens (including phenoxy) is 1. The molecular weight excluding hydrogens is 228 g/mol. The predicted molar refractivity (Wildman–Crippen MR) is 70.3 cm³/mol. The van der Waals surface area contributed by atoms with Gasteiger partial charge < -0.3 is 9.84 Å². The molecule has 18 heavy (non-hydrogen) atoms. The molecule has 1 N–H and O–H groups in total. The van der Waals surface area contributed by atoms with Crippen LogP contribution in [0.15, 0.2) is 6.07 Å². The third kappa shape index (κ3) is 3.33. The van der Waals surface area contributed by atoms with Crippen LogP contribution in [0.3, 0.4) is 0 Å². The molecule has 1 atom stereocenters. The summed E-state index contributed by atoms with van der Waals surface area (Å²) in [5.74, 6) is 0.711.